The maximum atomic E-state index is 11.6. The molecule has 0 spiro atoms. The molecule has 0 unspecified atom stereocenters. The molecule has 0 aliphatic heterocycles. The van der Waals surface area contributed by atoms with Gasteiger partial charge < -0.3 is 9.87 Å². The molecule has 0 aliphatic rings. The molecule has 7 heteroatoms. The second-order valence-electron chi connectivity index (χ2n) is 5.87. The molecule has 0 radical (unpaired) electrons. The van der Waals surface area contributed by atoms with Crippen molar-refractivity contribution in [3.05, 3.63) is 0 Å². The van der Waals surface area contributed by atoms with Crippen LogP contribution in [0.25, 0.3) is 0 Å². The first-order chi connectivity index (χ1) is 6.81. The number of carbonyl (C=O) groups is 1. The Morgan fingerprint density at radius 1 is 1.18 bits per heavy atom. The molecular formula is C10H20NNaO4S. The summed E-state index contributed by atoms with van der Waals surface area (Å²) in [6.45, 7) is 8.75. The third kappa shape index (κ3) is 12.6. The van der Waals surface area contributed by atoms with Crippen LogP contribution in [0.2, 0.25) is 0 Å². The van der Waals surface area contributed by atoms with Crippen LogP contribution in [0.4, 0.5) is 0 Å². The van der Waals surface area contributed by atoms with Crippen LogP contribution in [0.3, 0.4) is 0 Å². The average Bonchev–Trinajstić information content (AvgIpc) is 1.70. The van der Waals surface area contributed by atoms with Crippen LogP contribution >= 0.6 is 0 Å². The van der Waals surface area contributed by atoms with Crippen molar-refractivity contribution >= 4 is 16.0 Å². The first kappa shape index (κ1) is 19.7. The van der Waals surface area contributed by atoms with Crippen molar-refractivity contribution in [2.24, 2.45) is 5.41 Å². The van der Waals surface area contributed by atoms with Crippen molar-refractivity contribution in [3.63, 3.8) is 0 Å². The SMILES string of the molecule is CC(C)(C)CC(=O)NC(C)(C)CS(=O)(=O)[O-].[Na+]. The zero-order chi connectivity index (χ0) is 13.2. The van der Waals surface area contributed by atoms with E-state index in [1.165, 1.54) is 13.8 Å². The fourth-order valence-corrected chi connectivity index (χ4v) is 2.34. The van der Waals surface area contributed by atoms with E-state index in [-0.39, 0.29) is 47.3 Å². The fraction of sp³-hybridized carbons (Fsp3) is 0.900. The molecule has 0 atom stereocenters. The molecule has 0 rings (SSSR count). The van der Waals surface area contributed by atoms with Crippen molar-refractivity contribution in [2.75, 3.05) is 5.75 Å². The van der Waals surface area contributed by atoms with Crippen molar-refractivity contribution < 1.29 is 47.3 Å². The summed E-state index contributed by atoms with van der Waals surface area (Å²) in [4.78, 5) is 11.6. The van der Waals surface area contributed by atoms with Gasteiger partial charge >= 0.3 is 29.6 Å². The van der Waals surface area contributed by atoms with E-state index in [1.54, 1.807) is 0 Å². The zero-order valence-electron chi connectivity index (χ0n) is 11.5. The molecule has 0 aliphatic carbocycles. The van der Waals surface area contributed by atoms with Gasteiger partial charge in [-0.05, 0) is 19.3 Å². The normalized spacial score (nSPS) is 12.8. The number of nitrogens with one attached hydrogen (secondary N) is 1. The Bertz CT molecular complexity index is 357. The molecule has 0 fully saturated rings. The predicted molar refractivity (Wildman–Crippen MR) is 60.9 cm³/mol. The summed E-state index contributed by atoms with van der Waals surface area (Å²) in [7, 11) is -4.34. The summed E-state index contributed by atoms with van der Waals surface area (Å²) in [6, 6.07) is 0. The van der Waals surface area contributed by atoms with Crippen molar-refractivity contribution in [1.82, 2.24) is 5.32 Å². The van der Waals surface area contributed by atoms with Gasteiger partial charge in [0.05, 0.1) is 15.9 Å². The number of hydrogen-bond donors (Lipinski definition) is 1. The monoisotopic (exact) mass is 273 g/mol. The molecule has 0 aromatic carbocycles. The van der Waals surface area contributed by atoms with Gasteiger partial charge in [0.15, 0.2) is 0 Å². The minimum absolute atomic E-state index is 0. The van der Waals surface area contributed by atoms with Gasteiger partial charge in [0, 0.05) is 12.0 Å². The second kappa shape index (κ2) is 6.52. The molecule has 17 heavy (non-hydrogen) atoms. The van der Waals surface area contributed by atoms with Crippen LogP contribution < -0.4 is 34.9 Å². The number of rotatable bonds is 4. The van der Waals surface area contributed by atoms with Crippen LogP contribution in [-0.2, 0) is 14.9 Å². The zero-order valence-corrected chi connectivity index (χ0v) is 14.3. The van der Waals surface area contributed by atoms with Crippen molar-refractivity contribution in [1.29, 1.82) is 0 Å². The molecule has 0 aromatic rings. The Labute approximate surface area is 126 Å². The summed E-state index contributed by atoms with van der Waals surface area (Å²) < 4.78 is 31.8. The van der Waals surface area contributed by atoms with E-state index >= 15 is 0 Å². The standard InChI is InChI=1S/C10H21NO4S.Na/c1-9(2,3)6-8(12)11-10(4,5)7-16(13,14)15;/h6-7H2,1-5H3,(H,11,12)(H,13,14,15);/q;+1/p-1. The topological polar surface area (TPSA) is 86.3 Å². The Morgan fingerprint density at radius 2 is 1.59 bits per heavy atom. The third-order valence-corrected chi connectivity index (χ3v) is 2.78. The van der Waals surface area contributed by atoms with Gasteiger partial charge in [-0.25, -0.2) is 8.42 Å². The van der Waals surface area contributed by atoms with E-state index in [2.05, 4.69) is 5.32 Å². The van der Waals surface area contributed by atoms with Crippen LogP contribution in [0.5, 0.6) is 0 Å². The summed E-state index contributed by atoms with van der Waals surface area (Å²) >= 11 is 0. The van der Waals surface area contributed by atoms with E-state index < -0.39 is 21.4 Å². The van der Waals surface area contributed by atoms with Crippen molar-refractivity contribution in [2.45, 2.75) is 46.6 Å². The summed E-state index contributed by atoms with van der Waals surface area (Å²) in [5.74, 6) is -0.850. The van der Waals surface area contributed by atoms with Gasteiger partial charge in [-0.15, -0.1) is 0 Å². The molecule has 5 nitrogen and oxygen atoms in total. The van der Waals surface area contributed by atoms with E-state index in [9.17, 15) is 17.8 Å². The minimum atomic E-state index is -4.34. The van der Waals surface area contributed by atoms with Crippen LogP contribution in [0, 0.1) is 5.41 Å². The van der Waals surface area contributed by atoms with Gasteiger partial charge in [-0.1, -0.05) is 20.8 Å². The summed E-state index contributed by atoms with van der Waals surface area (Å²) in [6.07, 6.45) is 0.287. The smallest absolute Gasteiger partial charge is 0.748 e. The van der Waals surface area contributed by atoms with Crippen LogP contribution in [-0.4, -0.2) is 30.2 Å². The number of carbonyl (C=O) groups excluding carboxylic acids is 1. The molecular weight excluding hydrogens is 253 g/mol. The number of amides is 1. The van der Waals surface area contributed by atoms with Crippen LogP contribution in [0.15, 0.2) is 0 Å². The van der Waals surface area contributed by atoms with E-state index in [0.717, 1.165) is 0 Å². The van der Waals surface area contributed by atoms with E-state index in [0.29, 0.717) is 0 Å². The molecule has 0 heterocycles. The first-order valence-corrected chi connectivity index (χ1v) is 6.63. The van der Waals surface area contributed by atoms with E-state index in [4.69, 9.17) is 0 Å². The quantitative estimate of drug-likeness (QED) is 0.468. The molecule has 0 aromatic heterocycles. The number of hydrogen-bond acceptors (Lipinski definition) is 4. The van der Waals surface area contributed by atoms with Gasteiger partial charge in [0.1, 0.15) is 0 Å². The largest absolute Gasteiger partial charge is 1.00 e. The Kier molecular flexibility index (Phi) is 7.56. The van der Waals surface area contributed by atoms with Crippen molar-refractivity contribution in [3.8, 4) is 0 Å². The molecule has 0 bridgehead atoms. The minimum Gasteiger partial charge on any atom is -0.748 e. The summed E-state index contributed by atoms with van der Waals surface area (Å²) in [5, 5.41) is 2.55. The van der Waals surface area contributed by atoms with E-state index in [1.807, 2.05) is 20.8 Å². The molecule has 96 valence electrons. The van der Waals surface area contributed by atoms with Gasteiger partial charge in [0.25, 0.3) is 0 Å². The Balaban J connectivity index is 0. The fourth-order valence-electron chi connectivity index (χ4n) is 1.38. The average molecular weight is 273 g/mol. The van der Waals surface area contributed by atoms with Crippen LogP contribution in [0.1, 0.15) is 41.0 Å². The maximum absolute atomic E-state index is 11.6. The van der Waals surface area contributed by atoms with Gasteiger partial charge in [0.2, 0.25) is 5.91 Å². The molecule has 0 saturated heterocycles. The Hall–Kier alpha value is 0.380. The van der Waals surface area contributed by atoms with Gasteiger partial charge in [-0.2, -0.15) is 0 Å². The van der Waals surface area contributed by atoms with Gasteiger partial charge in [-0.3, -0.25) is 4.79 Å². The predicted octanol–water partition coefficient (Wildman–Crippen LogP) is -2.13. The second-order valence-corrected chi connectivity index (χ2v) is 7.28. The molecule has 0 saturated carbocycles. The summed E-state index contributed by atoms with van der Waals surface area (Å²) in [5.41, 5.74) is -1.20. The molecule has 1 N–H and O–H groups in total. The third-order valence-electron chi connectivity index (χ3n) is 1.71. The maximum Gasteiger partial charge on any atom is 1.00 e. The first-order valence-electron chi connectivity index (χ1n) is 5.05. The molecule has 1 amide bonds. The Morgan fingerprint density at radius 3 is 1.88 bits per heavy atom.